The van der Waals surface area contributed by atoms with Crippen molar-refractivity contribution >= 4 is 24.8 Å². The molecule has 2 aromatic carbocycles. The van der Waals surface area contributed by atoms with Crippen molar-refractivity contribution in [1.29, 1.82) is 0 Å². The summed E-state index contributed by atoms with van der Waals surface area (Å²) < 4.78 is 2.58. The minimum atomic E-state index is 0.143. The van der Waals surface area contributed by atoms with Crippen LogP contribution in [0.25, 0.3) is 0 Å². The van der Waals surface area contributed by atoms with Crippen molar-refractivity contribution in [3.05, 3.63) is 58.7 Å². The summed E-state index contributed by atoms with van der Waals surface area (Å²) in [6.07, 6.45) is 2.39. The Morgan fingerprint density at radius 2 is 0.971 bits per heavy atom. The highest BCUT2D eigenvalue weighted by Gasteiger charge is 2.58. The lowest BCUT2D eigenvalue weighted by atomic mass is 9.73. The third-order valence-electron chi connectivity index (χ3n) is 7.41. The van der Waals surface area contributed by atoms with Gasteiger partial charge in [0.2, 0.25) is 6.34 Å². The number of anilines is 1. The van der Waals surface area contributed by atoms with Gasteiger partial charge in [-0.25, -0.2) is 9.30 Å². The number of nitrogens with zero attached hydrogens (tertiary/aromatic N) is 3. The molecule has 0 radical (unpaired) electrons. The normalized spacial score (nSPS) is 14.4. The van der Waals surface area contributed by atoms with Gasteiger partial charge in [-0.05, 0) is 23.7 Å². The van der Waals surface area contributed by atoms with Gasteiger partial charge in [0.15, 0.2) is 0 Å². The first kappa shape index (κ1) is 27.5. The van der Waals surface area contributed by atoms with E-state index < -0.39 is 0 Å². The fourth-order valence-corrected chi connectivity index (χ4v) is 5.70. The third kappa shape index (κ3) is 5.24. The molecule has 0 spiro atoms. The van der Waals surface area contributed by atoms with Crippen LogP contribution in [0, 0.1) is 0 Å². The fraction of sp³-hybridized carbons (Fsp3) is 0.581. The summed E-state index contributed by atoms with van der Waals surface area (Å²) >= 11 is 0. The minimum Gasteiger partial charge on any atom is -0.251 e. The topological polar surface area (TPSA) is 9.49 Å². The van der Waals surface area contributed by atoms with Gasteiger partial charge in [-0.2, -0.15) is 0 Å². The van der Waals surface area contributed by atoms with Gasteiger partial charge in [0, 0.05) is 34.3 Å². The maximum absolute atomic E-state index is 2.67. The number of rotatable bonds is 9. The first-order valence-corrected chi connectivity index (χ1v) is 13.8. The Hall–Kier alpha value is -2.07. The molecular formula is C31H49BN3+. The smallest absolute Gasteiger partial charge is 0.251 e. The second kappa shape index (κ2) is 10.9. The molecule has 0 N–H and O–H groups in total. The summed E-state index contributed by atoms with van der Waals surface area (Å²) in [6, 6.07) is 14.6. The van der Waals surface area contributed by atoms with E-state index in [2.05, 4.69) is 140 Å². The van der Waals surface area contributed by atoms with Crippen molar-refractivity contribution in [2.75, 3.05) is 4.81 Å². The van der Waals surface area contributed by atoms with Crippen LogP contribution in [0.3, 0.4) is 0 Å². The minimum absolute atomic E-state index is 0.143. The molecule has 1 aliphatic rings. The zero-order chi connectivity index (χ0) is 26.2. The molecule has 0 bridgehead atoms. The maximum atomic E-state index is 2.67. The summed E-state index contributed by atoms with van der Waals surface area (Å²) in [6.45, 7) is 27.9. The van der Waals surface area contributed by atoms with E-state index in [-0.39, 0.29) is 7.12 Å². The van der Waals surface area contributed by atoms with E-state index in [1.165, 1.54) is 33.6 Å². The Morgan fingerprint density at radius 3 is 1.31 bits per heavy atom. The second-order valence-corrected chi connectivity index (χ2v) is 12.1. The molecule has 0 aromatic heterocycles. The first-order valence-electron chi connectivity index (χ1n) is 13.8. The molecule has 3 rings (SSSR count). The molecule has 0 atom stereocenters. The average molecular weight is 475 g/mol. The van der Waals surface area contributed by atoms with Gasteiger partial charge < -0.3 is 0 Å². The van der Waals surface area contributed by atoms with Crippen LogP contribution in [0.1, 0.15) is 129 Å². The van der Waals surface area contributed by atoms with Gasteiger partial charge in [-0.1, -0.05) is 119 Å². The van der Waals surface area contributed by atoms with Crippen molar-refractivity contribution in [2.45, 2.75) is 119 Å². The summed E-state index contributed by atoms with van der Waals surface area (Å²) in [4.78, 5) is 5.24. The molecule has 0 saturated heterocycles. The van der Waals surface area contributed by atoms with E-state index >= 15 is 0 Å². The van der Waals surface area contributed by atoms with E-state index in [0.29, 0.717) is 35.8 Å². The molecule has 0 saturated carbocycles. The molecule has 0 amide bonds. The third-order valence-corrected chi connectivity index (χ3v) is 7.41. The molecule has 2 aromatic rings. The predicted molar refractivity (Wildman–Crippen MR) is 156 cm³/mol. The molecule has 4 heteroatoms. The van der Waals surface area contributed by atoms with Crippen molar-refractivity contribution in [2.24, 2.45) is 0 Å². The summed E-state index contributed by atoms with van der Waals surface area (Å²) in [5.41, 5.74) is 8.55. The first-order chi connectivity index (χ1) is 16.4. The van der Waals surface area contributed by atoms with Crippen molar-refractivity contribution in [3.63, 3.8) is 0 Å². The van der Waals surface area contributed by atoms with Gasteiger partial charge in [0.05, 0.1) is 0 Å². The van der Waals surface area contributed by atoms with Crippen LogP contribution in [-0.4, -0.2) is 34.8 Å². The molecule has 0 aliphatic carbocycles. The van der Waals surface area contributed by atoms with Crippen molar-refractivity contribution < 1.29 is 4.49 Å². The number of benzene rings is 2. The second-order valence-electron chi connectivity index (χ2n) is 12.1. The quantitative estimate of drug-likeness (QED) is 0.337. The summed E-state index contributed by atoms with van der Waals surface area (Å²) in [5, 5.41) is 0. The van der Waals surface area contributed by atoms with Crippen LogP contribution in [0.2, 0.25) is 0 Å². The molecule has 1 aliphatic heterocycles. The van der Waals surface area contributed by atoms with Crippen LogP contribution in [0.5, 0.6) is 0 Å². The van der Waals surface area contributed by atoms with Gasteiger partial charge >= 0.3 is 7.12 Å². The number of hydrogen-bond donors (Lipinski definition) is 0. The van der Waals surface area contributed by atoms with Crippen LogP contribution < -0.4 is 4.81 Å². The largest absolute Gasteiger partial charge is 0.724 e. The maximum Gasteiger partial charge on any atom is 0.724 e. The molecular weight excluding hydrogens is 425 g/mol. The Balaban J connectivity index is 2.35. The van der Waals surface area contributed by atoms with E-state index in [9.17, 15) is 0 Å². The number of hydrogen-bond acceptors (Lipinski definition) is 2. The van der Waals surface area contributed by atoms with Gasteiger partial charge in [-0.15, -0.1) is 0 Å². The fourth-order valence-electron chi connectivity index (χ4n) is 5.70. The molecule has 3 nitrogen and oxygen atoms in total. The Morgan fingerprint density at radius 1 is 0.600 bits per heavy atom. The summed E-state index contributed by atoms with van der Waals surface area (Å²) in [7, 11) is 0.143. The lowest BCUT2D eigenvalue weighted by molar-refractivity contribution is -0.315. The summed E-state index contributed by atoms with van der Waals surface area (Å²) in [5.74, 6) is 1.86. The van der Waals surface area contributed by atoms with Crippen LogP contribution in [-0.2, 0) is 0 Å². The van der Waals surface area contributed by atoms with Crippen molar-refractivity contribution in [1.82, 2.24) is 4.81 Å². The van der Waals surface area contributed by atoms with E-state index in [1.54, 1.807) is 0 Å². The lowest BCUT2D eigenvalue weighted by Crippen LogP contribution is -2.70. The lowest BCUT2D eigenvalue weighted by Gasteiger charge is -2.42. The molecule has 35 heavy (non-hydrogen) atoms. The van der Waals surface area contributed by atoms with Crippen LogP contribution in [0.15, 0.2) is 36.4 Å². The van der Waals surface area contributed by atoms with Crippen LogP contribution >= 0.6 is 0 Å². The van der Waals surface area contributed by atoms with E-state index in [0.717, 1.165) is 0 Å². The van der Waals surface area contributed by atoms with Crippen molar-refractivity contribution in [3.8, 4) is 0 Å². The molecule has 0 unspecified atom stereocenters. The highest BCUT2D eigenvalue weighted by atomic mass is 15.4. The van der Waals surface area contributed by atoms with Gasteiger partial charge in [0.25, 0.3) is 0 Å². The van der Waals surface area contributed by atoms with Gasteiger partial charge in [-0.3, -0.25) is 4.81 Å². The van der Waals surface area contributed by atoms with Gasteiger partial charge in [0.1, 0.15) is 11.4 Å². The monoisotopic (exact) mass is 474 g/mol. The highest BCUT2D eigenvalue weighted by molar-refractivity contribution is 6.62. The van der Waals surface area contributed by atoms with Crippen LogP contribution in [0.4, 0.5) is 11.4 Å². The molecule has 190 valence electrons. The standard InChI is InChI=1S/C31H49BN3/c1-20(2)26-15-13-16-27(21(3)4)30(26)33-19-34(32(33)35(24(9)10)25(11)12)31-28(22(5)6)17-14-18-29(31)23(7)8/h13-25H,1-12H3/q+1. The Kier molecular flexibility index (Phi) is 8.58. The molecule has 0 fully saturated rings. The molecule has 1 heterocycles. The Bertz CT molecular complexity index is 989. The average Bonchev–Trinajstić information content (AvgIpc) is 2.75. The SMILES string of the molecule is CC(C)c1cccc(C(C)C)c1N1C=[N+](c2c(C(C)C)cccc2C(C)C)B1N(C(C)C)C(C)C. The Labute approximate surface area is 216 Å². The zero-order valence-corrected chi connectivity index (χ0v) is 24.4. The van der Waals surface area contributed by atoms with E-state index in [1.807, 2.05) is 0 Å². The van der Waals surface area contributed by atoms with E-state index in [4.69, 9.17) is 0 Å². The zero-order valence-electron chi connectivity index (χ0n) is 24.4. The highest BCUT2D eigenvalue weighted by Crippen LogP contribution is 2.42. The number of para-hydroxylation sites is 2. The predicted octanol–water partition coefficient (Wildman–Crippen LogP) is 8.48.